The minimum Gasteiger partial charge on any atom is -0.326 e. The summed E-state index contributed by atoms with van der Waals surface area (Å²) in [6, 6.07) is 7.95. The van der Waals surface area contributed by atoms with Gasteiger partial charge < -0.3 is 11.5 Å². The van der Waals surface area contributed by atoms with Gasteiger partial charge in [-0.2, -0.15) is 0 Å². The summed E-state index contributed by atoms with van der Waals surface area (Å²) >= 11 is 0. The first kappa shape index (κ1) is 10.4. The summed E-state index contributed by atoms with van der Waals surface area (Å²) in [5.74, 6) is 0. The van der Waals surface area contributed by atoms with Crippen molar-refractivity contribution in [3.8, 4) is 0 Å². The van der Waals surface area contributed by atoms with Gasteiger partial charge in [-0.3, -0.25) is 0 Å². The fourth-order valence-electron chi connectivity index (χ4n) is 0.956. The van der Waals surface area contributed by atoms with Crippen molar-refractivity contribution >= 4 is 12.4 Å². The quantitative estimate of drug-likeness (QED) is 0.700. The number of nitrogens with two attached hydrogens (primary N) is 2. The van der Waals surface area contributed by atoms with Gasteiger partial charge >= 0.3 is 0 Å². The molecule has 0 heterocycles. The predicted octanol–water partition coefficient (Wildman–Crippen LogP) is 1.03. The molecule has 1 aromatic rings. The van der Waals surface area contributed by atoms with Gasteiger partial charge in [-0.15, -0.1) is 12.4 Å². The van der Waals surface area contributed by atoms with E-state index in [1.807, 2.05) is 24.3 Å². The maximum absolute atomic E-state index is 5.47. The van der Waals surface area contributed by atoms with Crippen molar-refractivity contribution in [2.45, 2.75) is 13.1 Å². The lowest BCUT2D eigenvalue weighted by Crippen LogP contribution is -2.05. The summed E-state index contributed by atoms with van der Waals surface area (Å²) < 4.78 is 0. The molecular formula is C8H13ClN2. The van der Waals surface area contributed by atoms with Gasteiger partial charge in [-0.1, -0.05) is 24.3 Å². The zero-order valence-electron chi connectivity index (χ0n) is 6.29. The zero-order chi connectivity index (χ0) is 7.40. The van der Waals surface area contributed by atoms with Crippen molar-refractivity contribution in [1.82, 2.24) is 0 Å². The van der Waals surface area contributed by atoms with Gasteiger partial charge in [0, 0.05) is 13.1 Å². The van der Waals surface area contributed by atoms with Crippen molar-refractivity contribution < 1.29 is 0 Å². The molecule has 11 heavy (non-hydrogen) atoms. The van der Waals surface area contributed by atoms with Gasteiger partial charge in [-0.05, 0) is 11.1 Å². The largest absolute Gasteiger partial charge is 0.326 e. The van der Waals surface area contributed by atoms with Gasteiger partial charge in [0.05, 0.1) is 0 Å². The summed E-state index contributed by atoms with van der Waals surface area (Å²) in [7, 11) is 0. The van der Waals surface area contributed by atoms with Crippen LogP contribution in [0, 0.1) is 0 Å². The fraction of sp³-hybridized carbons (Fsp3) is 0.250. The minimum atomic E-state index is 0. The van der Waals surface area contributed by atoms with Crippen LogP contribution in [0.2, 0.25) is 0 Å². The van der Waals surface area contributed by atoms with E-state index < -0.39 is 0 Å². The highest BCUT2D eigenvalue weighted by atomic mass is 35.5. The molecule has 0 amide bonds. The smallest absolute Gasteiger partial charge is 0.0181 e. The third kappa shape index (κ3) is 2.50. The molecule has 3 heteroatoms. The highest BCUT2D eigenvalue weighted by molar-refractivity contribution is 5.85. The molecule has 2 nitrogen and oxygen atoms in total. The van der Waals surface area contributed by atoms with Crippen LogP contribution in [-0.2, 0) is 13.1 Å². The van der Waals surface area contributed by atoms with E-state index in [0.29, 0.717) is 13.1 Å². The van der Waals surface area contributed by atoms with Crippen LogP contribution in [0.25, 0.3) is 0 Å². The number of halogens is 1. The van der Waals surface area contributed by atoms with E-state index in [-0.39, 0.29) is 12.4 Å². The standard InChI is InChI=1S/C8H12N2.ClH/c9-5-7-3-1-2-4-8(7)6-10;/h1-4H,5-6,9-10H2;1H. The van der Waals surface area contributed by atoms with E-state index in [0.717, 1.165) is 11.1 Å². The SMILES string of the molecule is Cl.NCc1ccccc1CN. The van der Waals surface area contributed by atoms with Crippen molar-refractivity contribution in [2.24, 2.45) is 11.5 Å². The third-order valence-corrected chi connectivity index (χ3v) is 1.56. The second-order valence-corrected chi connectivity index (χ2v) is 2.18. The Morgan fingerprint density at radius 2 is 1.27 bits per heavy atom. The Morgan fingerprint density at radius 3 is 1.55 bits per heavy atom. The summed E-state index contributed by atoms with van der Waals surface area (Å²) in [5, 5.41) is 0. The van der Waals surface area contributed by atoms with Gasteiger partial charge in [-0.25, -0.2) is 0 Å². The molecule has 0 unspecified atom stereocenters. The van der Waals surface area contributed by atoms with Crippen LogP contribution in [0.15, 0.2) is 24.3 Å². The topological polar surface area (TPSA) is 52.0 Å². The second-order valence-electron chi connectivity index (χ2n) is 2.18. The highest BCUT2D eigenvalue weighted by Crippen LogP contribution is 2.05. The summed E-state index contributed by atoms with van der Waals surface area (Å²) in [5.41, 5.74) is 13.2. The first-order valence-corrected chi connectivity index (χ1v) is 3.35. The Morgan fingerprint density at radius 1 is 0.909 bits per heavy atom. The normalized spacial score (nSPS) is 8.91. The van der Waals surface area contributed by atoms with Crippen LogP contribution in [0.5, 0.6) is 0 Å². The van der Waals surface area contributed by atoms with Crippen LogP contribution < -0.4 is 11.5 Å². The molecule has 0 saturated carbocycles. The van der Waals surface area contributed by atoms with Crippen molar-refractivity contribution in [3.05, 3.63) is 35.4 Å². The average molecular weight is 173 g/mol. The fourth-order valence-corrected chi connectivity index (χ4v) is 0.956. The molecule has 0 bridgehead atoms. The molecule has 0 aliphatic heterocycles. The van der Waals surface area contributed by atoms with Crippen LogP contribution in [0.4, 0.5) is 0 Å². The summed E-state index contributed by atoms with van der Waals surface area (Å²) in [6.07, 6.45) is 0. The Labute approximate surface area is 73.0 Å². The molecule has 1 aromatic carbocycles. The predicted molar refractivity (Wildman–Crippen MR) is 49.5 cm³/mol. The molecular weight excluding hydrogens is 160 g/mol. The molecule has 4 N–H and O–H groups in total. The number of hydrogen-bond acceptors (Lipinski definition) is 2. The first-order chi connectivity index (χ1) is 4.88. The summed E-state index contributed by atoms with van der Waals surface area (Å²) in [6.45, 7) is 1.15. The lowest BCUT2D eigenvalue weighted by atomic mass is 10.1. The number of benzene rings is 1. The Balaban J connectivity index is 0.000001000. The molecule has 1 rings (SSSR count). The molecule has 0 fully saturated rings. The number of hydrogen-bond donors (Lipinski definition) is 2. The first-order valence-electron chi connectivity index (χ1n) is 3.35. The molecule has 0 aromatic heterocycles. The van der Waals surface area contributed by atoms with E-state index in [9.17, 15) is 0 Å². The molecule has 0 saturated heterocycles. The van der Waals surface area contributed by atoms with Gasteiger partial charge in [0.25, 0.3) is 0 Å². The van der Waals surface area contributed by atoms with Crippen molar-refractivity contribution in [1.29, 1.82) is 0 Å². The molecule has 0 radical (unpaired) electrons. The summed E-state index contributed by atoms with van der Waals surface area (Å²) in [4.78, 5) is 0. The Kier molecular flexibility index (Phi) is 4.86. The third-order valence-electron chi connectivity index (χ3n) is 1.56. The number of rotatable bonds is 2. The van der Waals surface area contributed by atoms with E-state index in [4.69, 9.17) is 11.5 Å². The van der Waals surface area contributed by atoms with Crippen molar-refractivity contribution in [2.75, 3.05) is 0 Å². The average Bonchev–Trinajstić information content (AvgIpc) is 2.04. The molecule has 0 aliphatic carbocycles. The van der Waals surface area contributed by atoms with Crippen LogP contribution in [0.1, 0.15) is 11.1 Å². The molecule has 62 valence electrons. The molecule has 0 aliphatic rings. The highest BCUT2D eigenvalue weighted by Gasteiger charge is 1.94. The lowest BCUT2D eigenvalue weighted by molar-refractivity contribution is 0.980. The Hall–Kier alpha value is -0.570. The minimum absolute atomic E-state index is 0. The van der Waals surface area contributed by atoms with E-state index in [2.05, 4.69) is 0 Å². The van der Waals surface area contributed by atoms with E-state index >= 15 is 0 Å². The van der Waals surface area contributed by atoms with Crippen molar-refractivity contribution in [3.63, 3.8) is 0 Å². The van der Waals surface area contributed by atoms with E-state index in [1.54, 1.807) is 0 Å². The zero-order valence-corrected chi connectivity index (χ0v) is 7.10. The van der Waals surface area contributed by atoms with E-state index in [1.165, 1.54) is 0 Å². The Bertz CT molecular complexity index is 190. The monoisotopic (exact) mass is 172 g/mol. The maximum Gasteiger partial charge on any atom is 0.0181 e. The van der Waals surface area contributed by atoms with Crippen LogP contribution >= 0.6 is 12.4 Å². The van der Waals surface area contributed by atoms with Gasteiger partial charge in [0.2, 0.25) is 0 Å². The van der Waals surface area contributed by atoms with Gasteiger partial charge in [0.1, 0.15) is 0 Å². The molecule has 0 spiro atoms. The lowest BCUT2D eigenvalue weighted by Gasteiger charge is -2.02. The maximum atomic E-state index is 5.47. The second kappa shape index (κ2) is 5.13. The molecule has 0 atom stereocenters. The van der Waals surface area contributed by atoms with Gasteiger partial charge in [0.15, 0.2) is 0 Å². The van der Waals surface area contributed by atoms with Crippen LogP contribution in [-0.4, -0.2) is 0 Å². The van der Waals surface area contributed by atoms with Crippen LogP contribution in [0.3, 0.4) is 0 Å².